The first kappa shape index (κ1) is 21.3. The molecular weight excluding hydrogens is 372 g/mol. The van der Waals surface area contributed by atoms with Crippen LogP contribution in [0.5, 0.6) is 0 Å². The first-order chi connectivity index (χ1) is 13.5. The van der Waals surface area contributed by atoms with Crippen molar-refractivity contribution in [2.24, 2.45) is 0 Å². The van der Waals surface area contributed by atoms with Crippen LogP contribution < -0.4 is 0 Å². The predicted molar refractivity (Wildman–Crippen MR) is 113 cm³/mol. The lowest BCUT2D eigenvalue weighted by molar-refractivity contribution is -0.130. The summed E-state index contributed by atoms with van der Waals surface area (Å²) in [5.74, 6) is 0.0288. The third-order valence-electron chi connectivity index (χ3n) is 6.13. The maximum atomic E-state index is 12.6. The van der Waals surface area contributed by atoms with Crippen molar-refractivity contribution in [1.29, 1.82) is 0 Å². The van der Waals surface area contributed by atoms with E-state index in [1.807, 2.05) is 11.0 Å². The summed E-state index contributed by atoms with van der Waals surface area (Å²) in [5.41, 5.74) is 1.37. The molecule has 0 bridgehead atoms. The van der Waals surface area contributed by atoms with Crippen LogP contribution >= 0.6 is 0 Å². The molecular formula is C22H34N2O3S. The van der Waals surface area contributed by atoms with Gasteiger partial charge >= 0.3 is 0 Å². The van der Waals surface area contributed by atoms with Crippen molar-refractivity contribution in [3.05, 3.63) is 35.9 Å². The Kier molecular flexibility index (Phi) is 7.91. The number of carbonyl (C=O) groups is 1. The highest BCUT2D eigenvalue weighted by molar-refractivity contribution is 7.92. The normalized spacial score (nSPS) is 19.6. The van der Waals surface area contributed by atoms with Gasteiger partial charge in [0.05, 0.1) is 11.0 Å². The summed E-state index contributed by atoms with van der Waals surface area (Å²) < 4.78 is 24.8. The number of benzene rings is 1. The zero-order valence-corrected chi connectivity index (χ0v) is 17.7. The fourth-order valence-corrected chi connectivity index (χ4v) is 6.24. The van der Waals surface area contributed by atoms with Crippen LogP contribution in [0.3, 0.4) is 0 Å². The number of nitrogens with zero attached hydrogens (tertiary/aromatic N) is 2. The molecule has 0 radical (unpaired) electrons. The largest absolute Gasteiger partial charge is 0.341 e. The van der Waals surface area contributed by atoms with E-state index >= 15 is 0 Å². The Labute approximate surface area is 170 Å². The summed E-state index contributed by atoms with van der Waals surface area (Å²) in [6.45, 7) is 4.41. The van der Waals surface area contributed by atoms with Crippen molar-refractivity contribution in [3.8, 4) is 0 Å². The minimum Gasteiger partial charge on any atom is -0.341 e. The Morgan fingerprint density at radius 3 is 2.46 bits per heavy atom. The smallest absolute Gasteiger partial charge is 0.223 e. The van der Waals surface area contributed by atoms with Gasteiger partial charge in [0.1, 0.15) is 0 Å². The van der Waals surface area contributed by atoms with Gasteiger partial charge in [0.25, 0.3) is 0 Å². The minimum absolute atomic E-state index is 0.00714. The van der Waals surface area contributed by atoms with E-state index in [2.05, 4.69) is 29.2 Å². The van der Waals surface area contributed by atoms with Crippen LogP contribution in [-0.2, 0) is 21.1 Å². The van der Waals surface area contributed by atoms with Crippen LogP contribution in [-0.4, -0.2) is 67.9 Å². The summed E-state index contributed by atoms with van der Waals surface area (Å²) in [7, 11) is -3.11. The van der Waals surface area contributed by atoms with Gasteiger partial charge in [0.15, 0.2) is 9.84 Å². The van der Waals surface area contributed by atoms with E-state index in [-0.39, 0.29) is 23.3 Å². The monoisotopic (exact) mass is 406 g/mol. The summed E-state index contributed by atoms with van der Waals surface area (Å²) >= 11 is 0. The van der Waals surface area contributed by atoms with Crippen molar-refractivity contribution in [1.82, 2.24) is 9.80 Å². The van der Waals surface area contributed by atoms with Crippen LogP contribution in [0.15, 0.2) is 30.3 Å². The first-order valence-corrected chi connectivity index (χ1v) is 12.5. The molecule has 1 aliphatic heterocycles. The molecule has 0 aromatic heterocycles. The van der Waals surface area contributed by atoms with Gasteiger partial charge in [-0.2, -0.15) is 0 Å². The number of amides is 1. The number of hydrogen-bond acceptors (Lipinski definition) is 4. The van der Waals surface area contributed by atoms with E-state index in [9.17, 15) is 13.2 Å². The zero-order valence-electron chi connectivity index (χ0n) is 16.9. The fourth-order valence-electron chi connectivity index (χ4n) is 4.40. The molecule has 1 aromatic carbocycles. The molecule has 156 valence electrons. The van der Waals surface area contributed by atoms with E-state index in [0.717, 1.165) is 71.1 Å². The molecule has 0 spiro atoms. The summed E-state index contributed by atoms with van der Waals surface area (Å²) in [5, 5.41) is -0.204. The highest BCUT2D eigenvalue weighted by Crippen LogP contribution is 2.25. The summed E-state index contributed by atoms with van der Waals surface area (Å²) in [6.07, 6.45) is 6.88. The lowest BCUT2D eigenvalue weighted by atomic mass is 10.1. The summed E-state index contributed by atoms with van der Waals surface area (Å²) in [6, 6.07) is 10.5. The Balaban J connectivity index is 1.38. The second kappa shape index (κ2) is 10.4. The van der Waals surface area contributed by atoms with E-state index in [1.165, 1.54) is 5.56 Å². The van der Waals surface area contributed by atoms with Crippen LogP contribution in [0.4, 0.5) is 0 Å². The van der Waals surface area contributed by atoms with Gasteiger partial charge in [-0.25, -0.2) is 8.42 Å². The topological polar surface area (TPSA) is 57.7 Å². The molecule has 0 unspecified atom stereocenters. The molecule has 1 heterocycles. The lowest BCUT2D eigenvalue weighted by Crippen LogP contribution is -2.36. The van der Waals surface area contributed by atoms with Gasteiger partial charge in [-0.1, -0.05) is 43.2 Å². The summed E-state index contributed by atoms with van der Waals surface area (Å²) in [4.78, 5) is 16.9. The molecule has 1 amide bonds. The number of aryl methyl sites for hydroxylation is 1. The molecule has 5 nitrogen and oxygen atoms in total. The zero-order chi connectivity index (χ0) is 19.8. The average molecular weight is 407 g/mol. The number of hydrogen-bond donors (Lipinski definition) is 0. The molecule has 2 fully saturated rings. The van der Waals surface area contributed by atoms with E-state index in [0.29, 0.717) is 6.54 Å². The van der Waals surface area contributed by atoms with Gasteiger partial charge in [-0.15, -0.1) is 0 Å². The fraction of sp³-hybridized carbons (Fsp3) is 0.682. The van der Waals surface area contributed by atoms with E-state index in [4.69, 9.17) is 0 Å². The van der Waals surface area contributed by atoms with Crippen molar-refractivity contribution in [2.45, 2.75) is 56.6 Å². The Morgan fingerprint density at radius 1 is 0.964 bits per heavy atom. The number of rotatable bonds is 8. The second-order valence-electron chi connectivity index (χ2n) is 8.19. The van der Waals surface area contributed by atoms with Gasteiger partial charge < -0.3 is 9.80 Å². The van der Waals surface area contributed by atoms with E-state index in [1.54, 1.807) is 0 Å². The molecule has 1 aliphatic carbocycles. The molecule has 3 rings (SSSR count). The average Bonchev–Trinajstić information content (AvgIpc) is 3.15. The Morgan fingerprint density at radius 2 is 1.71 bits per heavy atom. The van der Waals surface area contributed by atoms with Crippen molar-refractivity contribution in [2.75, 3.05) is 38.5 Å². The second-order valence-corrected chi connectivity index (χ2v) is 10.6. The highest BCUT2D eigenvalue weighted by atomic mass is 32.2. The van der Waals surface area contributed by atoms with Crippen LogP contribution in [0.1, 0.15) is 50.5 Å². The molecule has 1 aromatic rings. The maximum absolute atomic E-state index is 12.6. The van der Waals surface area contributed by atoms with Crippen LogP contribution in [0.25, 0.3) is 0 Å². The number of sulfone groups is 1. The molecule has 1 saturated heterocycles. The molecule has 1 saturated carbocycles. The van der Waals surface area contributed by atoms with Gasteiger partial charge in [-0.3, -0.25) is 4.79 Å². The Hall–Kier alpha value is -1.40. The SMILES string of the molecule is O=C(CCS(=O)(=O)C1CCCC1)N1CCCN(CCCc2ccccc2)CC1. The van der Waals surface area contributed by atoms with Crippen LogP contribution in [0, 0.1) is 0 Å². The van der Waals surface area contributed by atoms with Crippen molar-refractivity contribution < 1.29 is 13.2 Å². The van der Waals surface area contributed by atoms with Crippen molar-refractivity contribution >= 4 is 15.7 Å². The van der Waals surface area contributed by atoms with Crippen molar-refractivity contribution in [3.63, 3.8) is 0 Å². The van der Waals surface area contributed by atoms with Gasteiger partial charge in [0, 0.05) is 26.1 Å². The third-order valence-corrected chi connectivity index (χ3v) is 8.39. The standard InChI is InChI=1S/C22H34N2O3S/c25-22(13-19-28(26,27)21-11-4-5-12-21)24-16-7-15-23(17-18-24)14-6-10-20-8-2-1-3-9-20/h1-3,8-9,21H,4-7,10-19H2. The molecule has 6 heteroatoms. The predicted octanol–water partition coefficient (Wildman–Crippen LogP) is 2.90. The quantitative estimate of drug-likeness (QED) is 0.666. The van der Waals surface area contributed by atoms with Crippen LogP contribution in [0.2, 0.25) is 0 Å². The van der Waals surface area contributed by atoms with E-state index < -0.39 is 9.84 Å². The molecule has 0 N–H and O–H groups in total. The Bertz CT molecular complexity index is 715. The van der Waals surface area contributed by atoms with Gasteiger partial charge in [-0.05, 0) is 50.8 Å². The molecule has 2 aliphatic rings. The first-order valence-electron chi connectivity index (χ1n) is 10.8. The highest BCUT2D eigenvalue weighted by Gasteiger charge is 2.29. The maximum Gasteiger partial charge on any atom is 0.223 e. The number of carbonyl (C=O) groups excluding carboxylic acids is 1. The molecule has 28 heavy (non-hydrogen) atoms. The third kappa shape index (κ3) is 6.31. The molecule has 0 atom stereocenters. The lowest BCUT2D eigenvalue weighted by Gasteiger charge is -2.22. The minimum atomic E-state index is -3.11. The van der Waals surface area contributed by atoms with Gasteiger partial charge in [0.2, 0.25) is 5.91 Å².